The first kappa shape index (κ1) is 12.7. The predicted molar refractivity (Wildman–Crippen MR) is 68.6 cm³/mol. The maximum atomic E-state index is 9.82. The van der Waals surface area contributed by atoms with Crippen LogP contribution in [0.1, 0.15) is 0 Å². The molecule has 0 unspecified atom stereocenters. The zero-order valence-electron chi connectivity index (χ0n) is 9.89. The molecule has 1 heterocycles. The van der Waals surface area contributed by atoms with Gasteiger partial charge in [0.25, 0.3) is 0 Å². The molecule has 0 aliphatic carbocycles. The molecule has 1 aliphatic rings. The summed E-state index contributed by atoms with van der Waals surface area (Å²) in [4.78, 5) is 2.04. The van der Waals surface area contributed by atoms with Gasteiger partial charge in [-0.2, -0.15) is 0 Å². The number of likely N-dealkylation sites (tertiary alicyclic amines) is 1. The van der Waals surface area contributed by atoms with Gasteiger partial charge in [-0.05, 0) is 25.2 Å². The van der Waals surface area contributed by atoms with E-state index < -0.39 is 6.10 Å². The number of β-amino-alcohol motifs (C(OH)–C–C–N with tert-alkyl or cyclic N) is 1. The van der Waals surface area contributed by atoms with E-state index in [2.05, 4.69) is 15.9 Å². The van der Waals surface area contributed by atoms with Gasteiger partial charge in [-0.1, -0.05) is 15.9 Å². The lowest BCUT2D eigenvalue weighted by Crippen LogP contribution is -2.30. The van der Waals surface area contributed by atoms with Gasteiger partial charge in [0.05, 0.1) is 7.11 Å². The first-order valence-corrected chi connectivity index (χ1v) is 6.26. The molecule has 1 aromatic carbocycles. The van der Waals surface area contributed by atoms with Crippen LogP contribution in [0.5, 0.6) is 11.5 Å². The highest BCUT2D eigenvalue weighted by atomic mass is 79.9. The monoisotopic (exact) mass is 301 g/mol. The Labute approximate surface area is 109 Å². The first-order chi connectivity index (χ1) is 8.10. The van der Waals surface area contributed by atoms with Crippen molar-refractivity contribution in [2.24, 2.45) is 0 Å². The molecular formula is C12H16BrNO3. The standard InChI is InChI=1S/C12H16BrNO3/c1-14-6-9(15)12(7-14)17-10-4-3-8(13)5-11(10)16-2/h3-5,9,12,15H,6-7H2,1-2H3/t9-,12-/m0/s1. The first-order valence-electron chi connectivity index (χ1n) is 5.47. The summed E-state index contributed by atoms with van der Waals surface area (Å²) >= 11 is 3.38. The van der Waals surface area contributed by atoms with E-state index in [-0.39, 0.29) is 6.10 Å². The average Bonchev–Trinajstić information content (AvgIpc) is 2.60. The fourth-order valence-electron chi connectivity index (χ4n) is 1.96. The highest BCUT2D eigenvalue weighted by Gasteiger charge is 2.31. The molecule has 17 heavy (non-hydrogen) atoms. The molecule has 1 fully saturated rings. The Kier molecular flexibility index (Phi) is 3.91. The summed E-state index contributed by atoms with van der Waals surface area (Å²) in [6.07, 6.45) is -0.650. The van der Waals surface area contributed by atoms with Gasteiger partial charge >= 0.3 is 0 Å². The minimum absolute atomic E-state index is 0.199. The Bertz CT molecular complexity index is 399. The predicted octanol–water partition coefficient (Wildman–Crippen LogP) is 1.51. The van der Waals surface area contributed by atoms with Crippen LogP contribution in [-0.2, 0) is 0 Å². The van der Waals surface area contributed by atoms with Crippen LogP contribution in [0.3, 0.4) is 0 Å². The van der Waals surface area contributed by atoms with E-state index in [1.807, 2.05) is 30.1 Å². The van der Waals surface area contributed by atoms with E-state index >= 15 is 0 Å². The molecule has 0 bridgehead atoms. The van der Waals surface area contributed by atoms with Crippen molar-refractivity contribution in [3.05, 3.63) is 22.7 Å². The van der Waals surface area contributed by atoms with Gasteiger partial charge in [0.15, 0.2) is 11.5 Å². The smallest absolute Gasteiger partial charge is 0.161 e. The van der Waals surface area contributed by atoms with Crippen molar-refractivity contribution in [2.75, 3.05) is 27.2 Å². The number of benzene rings is 1. The number of aliphatic hydroxyl groups is 1. The number of rotatable bonds is 3. The van der Waals surface area contributed by atoms with Crippen LogP contribution in [0, 0.1) is 0 Å². The van der Waals surface area contributed by atoms with Crippen LogP contribution < -0.4 is 9.47 Å². The van der Waals surface area contributed by atoms with Crippen molar-refractivity contribution < 1.29 is 14.6 Å². The van der Waals surface area contributed by atoms with Crippen LogP contribution in [0.15, 0.2) is 22.7 Å². The van der Waals surface area contributed by atoms with Crippen molar-refractivity contribution in [1.29, 1.82) is 0 Å². The quantitative estimate of drug-likeness (QED) is 0.919. The molecule has 0 aromatic heterocycles. The summed E-state index contributed by atoms with van der Waals surface area (Å²) in [7, 11) is 3.57. The number of likely N-dealkylation sites (N-methyl/N-ethyl adjacent to an activating group) is 1. The summed E-state index contributed by atoms with van der Waals surface area (Å²) < 4.78 is 12.0. The van der Waals surface area contributed by atoms with Gasteiger partial charge in [0.1, 0.15) is 12.2 Å². The third-order valence-corrected chi connectivity index (χ3v) is 3.32. The van der Waals surface area contributed by atoms with Gasteiger partial charge in [-0.15, -0.1) is 0 Å². The number of hydrogen-bond acceptors (Lipinski definition) is 4. The normalized spacial score (nSPS) is 24.9. The summed E-state index contributed by atoms with van der Waals surface area (Å²) in [5.41, 5.74) is 0. The van der Waals surface area contributed by atoms with E-state index in [4.69, 9.17) is 9.47 Å². The van der Waals surface area contributed by atoms with Gasteiger partial charge in [0, 0.05) is 17.6 Å². The Morgan fingerprint density at radius 3 is 2.71 bits per heavy atom. The number of ether oxygens (including phenoxy) is 2. The lowest BCUT2D eigenvalue weighted by molar-refractivity contribution is 0.0717. The number of aliphatic hydroxyl groups excluding tert-OH is 1. The Balaban J connectivity index is 2.13. The minimum Gasteiger partial charge on any atom is -0.493 e. The van der Waals surface area contributed by atoms with Gasteiger partial charge in [-0.3, -0.25) is 4.90 Å². The van der Waals surface area contributed by atoms with Gasteiger partial charge in [0.2, 0.25) is 0 Å². The SMILES string of the molecule is COc1cc(Br)ccc1O[C@H]1CN(C)C[C@@H]1O. The fraction of sp³-hybridized carbons (Fsp3) is 0.500. The van der Waals surface area contributed by atoms with Crippen molar-refractivity contribution >= 4 is 15.9 Å². The Morgan fingerprint density at radius 1 is 1.35 bits per heavy atom. The second kappa shape index (κ2) is 5.25. The molecule has 2 atom stereocenters. The molecule has 1 aliphatic heterocycles. The van der Waals surface area contributed by atoms with Crippen molar-refractivity contribution in [3.63, 3.8) is 0 Å². The molecule has 0 amide bonds. The second-order valence-electron chi connectivity index (χ2n) is 4.24. The molecule has 1 N–H and O–H groups in total. The molecule has 2 rings (SSSR count). The molecule has 0 spiro atoms. The summed E-state index contributed by atoms with van der Waals surface area (Å²) in [6, 6.07) is 5.58. The molecule has 5 heteroatoms. The second-order valence-corrected chi connectivity index (χ2v) is 5.16. The number of methoxy groups -OCH3 is 1. The Hall–Kier alpha value is -0.780. The van der Waals surface area contributed by atoms with E-state index in [0.29, 0.717) is 18.0 Å². The molecule has 0 saturated carbocycles. The third kappa shape index (κ3) is 2.91. The highest BCUT2D eigenvalue weighted by molar-refractivity contribution is 9.10. The van der Waals surface area contributed by atoms with Gasteiger partial charge in [-0.25, -0.2) is 0 Å². The zero-order chi connectivity index (χ0) is 12.4. The number of nitrogens with zero attached hydrogens (tertiary/aromatic N) is 1. The molecule has 1 saturated heterocycles. The summed E-state index contributed by atoms with van der Waals surface area (Å²) in [6.45, 7) is 1.36. The lowest BCUT2D eigenvalue weighted by atomic mass is 10.2. The van der Waals surface area contributed by atoms with Crippen LogP contribution in [-0.4, -0.2) is 49.5 Å². The Morgan fingerprint density at radius 2 is 2.12 bits per heavy atom. The summed E-state index contributed by atoms with van der Waals surface area (Å²) in [5, 5.41) is 9.82. The maximum Gasteiger partial charge on any atom is 0.161 e. The molecular weight excluding hydrogens is 286 g/mol. The van der Waals surface area contributed by atoms with Crippen LogP contribution in [0.2, 0.25) is 0 Å². The third-order valence-electron chi connectivity index (χ3n) is 2.82. The lowest BCUT2D eigenvalue weighted by Gasteiger charge is -2.18. The zero-order valence-corrected chi connectivity index (χ0v) is 11.5. The van der Waals surface area contributed by atoms with Gasteiger partial charge < -0.3 is 14.6 Å². The molecule has 94 valence electrons. The molecule has 4 nitrogen and oxygen atoms in total. The molecule has 0 radical (unpaired) electrons. The average molecular weight is 302 g/mol. The van der Waals surface area contributed by atoms with Crippen molar-refractivity contribution in [2.45, 2.75) is 12.2 Å². The van der Waals surface area contributed by atoms with E-state index in [9.17, 15) is 5.11 Å². The maximum absolute atomic E-state index is 9.82. The molecule has 1 aromatic rings. The van der Waals surface area contributed by atoms with E-state index in [1.54, 1.807) is 7.11 Å². The van der Waals surface area contributed by atoms with Crippen LogP contribution in [0.4, 0.5) is 0 Å². The number of hydrogen-bond donors (Lipinski definition) is 1. The van der Waals surface area contributed by atoms with Crippen LogP contribution in [0.25, 0.3) is 0 Å². The largest absolute Gasteiger partial charge is 0.493 e. The fourth-order valence-corrected chi connectivity index (χ4v) is 2.30. The highest BCUT2D eigenvalue weighted by Crippen LogP contribution is 2.32. The van der Waals surface area contributed by atoms with Crippen molar-refractivity contribution in [1.82, 2.24) is 4.90 Å². The van der Waals surface area contributed by atoms with Crippen molar-refractivity contribution in [3.8, 4) is 11.5 Å². The topological polar surface area (TPSA) is 41.9 Å². The number of halogens is 1. The van der Waals surface area contributed by atoms with Crippen LogP contribution >= 0.6 is 15.9 Å². The van der Waals surface area contributed by atoms with E-state index in [0.717, 1.165) is 11.0 Å². The van der Waals surface area contributed by atoms with E-state index in [1.165, 1.54) is 0 Å². The minimum atomic E-state index is -0.451. The summed E-state index contributed by atoms with van der Waals surface area (Å²) in [5.74, 6) is 1.33.